The fourth-order valence-electron chi connectivity index (χ4n) is 4.18. The average molecular weight is 502 g/mol. The van der Waals surface area contributed by atoms with Crippen molar-refractivity contribution in [1.82, 2.24) is 4.98 Å². The number of thiazole rings is 1. The molecule has 0 bridgehead atoms. The minimum absolute atomic E-state index is 0.0844. The quantitative estimate of drug-likeness (QED) is 0.387. The van der Waals surface area contributed by atoms with Crippen LogP contribution < -0.4 is 9.47 Å². The lowest BCUT2D eigenvalue weighted by atomic mass is 9.81. The second-order valence-electron chi connectivity index (χ2n) is 9.09. The molecular weight excluding hydrogens is 474 g/mol. The molecule has 0 unspecified atom stereocenters. The molecule has 0 atom stereocenters. The number of aryl methyl sites for hydroxylation is 1. The van der Waals surface area contributed by atoms with Gasteiger partial charge < -0.3 is 19.3 Å². The number of rotatable bonds is 6. The number of ketones is 1. The minimum Gasteiger partial charge on any atom is -0.508 e. The van der Waals surface area contributed by atoms with Crippen LogP contribution in [-0.2, 0) is 16.0 Å². The molecule has 1 aromatic heterocycles. The number of hydrogen-bond acceptors (Lipinski definition) is 7. The van der Waals surface area contributed by atoms with Gasteiger partial charge in [0.05, 0.1) is 22.4 Å². The van der Waals surface area contributed by atoms with Gasteiger partial charge in [0.2, 0.25) is 0 Å². The van der Waals surface area contributed by atoms with Gasteiger partial charge in [-0.1, -0.05) is 35.9 Å². The third kappa shape index (κ3) is 4.28. The molecule has 0 fully saturated rings. The van der Waals surface area contributed by atoms with Crippen LogP contribution in [-0.4, -0.2) is 33.7 Å². The summed E-state index contributed by atoms with van der Waals surface area (Å²) in [5.74, 6) is 0.750. The number of Topliss-reactive ketones (excluding diaryl/α,β-unsaturated/α-hetero) is 1. The van der Waals surface area contributed by atoms with E-state index in [9.17, 15) is 9.90 Å². The van der Waals surface area contributed by atoms with Gasteiger partial charge in [-0.15, -0.1) is 0 Å². The first-order valence-corrected chi connectivity index (χ1v) is 12.4. The fraction of sp³-hybridized carbons (Fsp3) is 0.385. The van der Waals surface area contributed by atoms with Crippen LogP contribution in [0.2, 0.25) is 5.02 Å². The number of benzene rings is 2. The Morgan fingerprint density at radius 3 is 2.53 bits per heavy atom. The smallest absolute Gasteiger partial charge is 0.279 e. The third-order valence-corrected chi connectivity index (χ3v) is 7.22. The number of hydrogen-bond donors (Lipinski definition) is 1. The molecule has 4 rings (SSSR count). The SMILES string of the molecule is CCOc1ccc2nc(Oc3ccc(CC)c(C4=C(O)C(C)(C)OC(C)(C)C4=O)c3)sc2c1Cl. The summed E-state index contributed by atoms with van der Waals surface area (Å²) >= 11 is 7.81. The molecule has 8 heteroatoms. The van der Waals surface area contributed by atoms with E-state index in [-0.39, 0.29) is 17.1 Å². The number of aliphatic hydroxyl groups excluding tert-OH is 1. The van der Waals surface area contributed by atoms with E-state index in [1.807, 2.05) is 32.0 Å². The van der Waals surface area contributed by atoms with Crippen LogP contribution in [0, 0.1) is 0 Å². The number of carbonyl (C=O) groups is 1. The Balaban J connectivity index is 1.77. The highest BCUT2D eigenvalue weighted by atomic mass is 35.5. The van der Waals surface area contributed by atoms with Crippen LogP contribution in [0.15, 0.2) is 36.1 Å². The summed E-state index contributed by atoms with van der Waals surface area (Å²) in [5, 5.41) is 11.9. The van der Waals surface area contributed by atoms with E-state index in [4.69, 9.17) is 25.8 Å². The van der Waals surface area contributed by atoms with Crippen LogP contribution in [0.5, 0.6) is 16.7 Å². The van der Waals surface area contributed by atoms with Crippen molar-refractivity contribution in [1.29, 1.82) is 0 Å². The molecule has 0 radical (unpaired) electrons. The summed E-state index contributed by atoms with van der Waals surface area (Å²) in [7, 11) is 0. The average Bonchev–Trinajstić information content (AvgIpc) is 3.18. The van der Waals surface area contributed by atoms with Crippen molar-refractivity contribution >= 4 is 44.5 Å². The van der Waals surface area contributed by atoms with Crippen molar-refractivity contribution in [3.8, 4) is 16.7 Å². The van der Waals surface area contributed by atoms with Gasteiger partial charge in [0.25, 0.3) is 5.19 Å². The molecule has 34 heavy (non-hydrogen) atoms. The molecule has 0 saturated carbocycles. The maximum absolute atomic E-state index is 13.3. The molecule has 2 heterocycles. The fourth-order valence-corrected chi connectivity index (χ4v) is 5.38. The number of aromatic nitrogens is 1. The molecular formula is C26H28ClNO5S. The van der Waals surface area contributed by atoms with Crippen molar-refractivity contribution in [3.05, 3.63) is 52.2 Å². The Kier molecular flexibility index (Phi) is 6.40. The van der Waals surface area contributed by atoms with E-state index in [1.165, 1.54) is 11.3 Å². The highest BCUT2D eigenvalue weighted by molar-refractivity contribution is 7.20. The molecule has 0 amide bonds. The predicted molar refractivity (Wildman–Crippen MR) is 135 cm³/mol. The van der Waals surface area contributed by atoms with Crippen molar-refractivity contribution in [2.45, 2.75) is 59.2 Å². The van der Waals surface area contributed by atoms with Gasteiger partial charge in [-0.05, 0) is 76.4 Å². The number of nitrogens with zero attached hydrogens (tertiary/aromatic N) is 1. The molecule has 0 saturated heterocycles. The maximum Gasteiger partial charge on any atom is 0.279 e. The molecule has 0 aliphatic carbocycles. The van der Waals surface area contributed by atoms with E-state index < -0.39 is 11.2 Å². The van der Waals surface area contributed by atoms with Crippen LogP contribution in [0.4, 0.5) is 0 Å². The van der Waals surface area contributed by atoms with Gasteiger partial charge in [-0.2, -0.15) is 0 Å². The molecule has 2 aromatic carbocycles. The van der Waals surface area contributed by atoms with E-state index in [2.05, 4.69) is 4.98 Å². The summed E-state index contributed by atoms with van der Waals surface area (Å²) in [4.78, 5) is 17.8. The first-order valence-electron chi connectivity index (χ1n) is 11.2. The topological polar surface area (TPSA) is 77.9 Å². The van der Waals surface area contributed by atoms with Crippen molar-refractivity contribution in [2.24, 2.45) is 0 Å². The standard InChI is InChI=1S/C26H28ClNO5S/c1-7-14-9-10-15(13-16(14)19-22(29)25(3,4)33-26(5,6)23(19)30)32-24-28-17-11-12-18(31-8-2)20(27)21(17)34-24/h9-13,29H,7-8H2,1-6H3. The Bertz CT molecular complexity index is 1310. The second-order valence-corrected chi connectivity index (χ2v) is 10.4. The summed E-state index contributed by atoms with van der Waals surface area (Å²) in [6, 6.07) is 9.15. The van der Waals surface area contributed by atoms with E-state index in [0.717, 1.165) is 10.3 Å². The number of fused-ring (bicyclic) bond motifs is 1. The predicted octanol–water partition coefficient (Wildman–Crippen LogP) is 7.13. The highest BCUT2D eigenvalue weighted by Crippen LogP contribution is 2.43. The number of carbonyl (C=O) groups excluding carboxylic acids is 1. The molecule has 6 nitrogen and oxygen atoms in total. The summed E-state index contributed by atoms with van der Waals surface area (Å²) in [6.07, 6.45) is 0.679. The summed E-state index contributed by atoms with van der Waals surface area (Å²) < 4.78 is 18.3. The van der Waals surface area contributed by atoms with Gasteiger partial charge in [-0.3, -0.25) is 4.79 Å². The zero-order valence-electron chi connectivity index (χ0n) is 20.1. The molecule has 180 valence electrons. The Morgan fingerprint density at radius 2 is 1.85 bits per heavy atom. The van der Waals surface area contributed by atoms with Gasteiger partial charge in [-0.25, -0.2) is 4.98 Å². The first kappa shape index (κ1) is 24.5. The van der Waals surface area contributed by atoms with Crippen molar-refractivity contribution in [3.63, 3.8) is 0 Å². The van der Waals surface area contributed by atoms with Gasteiger partial charge in [0, 0.05) is 0 Å². The summed E-state index contributed by atoms with van der Waals surface area (Å²) in [6.45, 7) is 11.4. The number of ether oxygens (including phenoxy) is 3. The van der Waals surface area contributed by atoms with E-state index in [1.54, 1.807) is 39.8 Å². The molecule has 1 aliphatic heterocycles. The normalized spacial score (nSPS) is 17.3. The van der Waals surface area contributed by atoms with Gasteiger partial charge in [0.1, 0.15) is 33.5 Å². The second kappa shape index (κ2) is 8.87. The number of aliphatic hydroxyl groups is 1. The Hall–Kier alpha value is -2.61. The van der Waals surface area contributed by atoms with Crippen LogP contribution in [0.25, 0.3) is 15.8 Å². The molecule has 3 aromatic rings. The lowest BCUT2D eigenvalue weighted by molar-refractivity contribution is -0.158. The molecule has 1 N–H and O–H groups in total. The van der Waals surface area contributed by atoms with Crippen LogP contribution in [0.1, 0.15) is 52.7 Å². The van der Waals surface area contributed by atoms with Crippen LogP contribution >= 0.6 is 22.9 Å². The minimum atomic E-state index is -1.07. The molecule has 0 spiro atoms. The van der Waals surface area contributed by atoms with E-state index >= 15 is 0 Å². The zero-order valence-corrected chi connectivity index (χ0v) is 21.7. The Labute approximate surface area is 208 Å². The monoisotopic (exact) mass is 501 g/mol. The highest BCUT2D eigenvalue weighted by Gasteiger charge is 2.47. The van der Waals surface area contributed by atoms with Crippen molar-refractivity contribution < 1.29 is 24.1 Å². The van der Waals surface area contributed by atoms with E-state index in [0.29, 0.717) is 45.8 Å². The lowest BCUT2D eigenvalue weighted by Crippen LogP contribution is -2.49. The van der Waals surface area contributed by atoms with Crippen molar-refractivity contribution in [2.75, 3.05) is 6.61 Å². The molecule has 1 aliphatic rings. The third-order valence-electron chi connectivity index (χ3n) is 5.77. The first-order chi connectivity index (χ1) is 16.0. The Morgan fingerprint density at radius 1 is 1.12 bits per heavy atom. The lowest BCUT2D eigenvalue weighted by Gasteiger charge is -2.40. The van der Waals surface area contributed by atoms with Gasteiger partial charge >= 0.3 is 0 Å². The number of halogens is 1. The van der Waals surface area contributed by atoms with Crippen LogP contribution in [0.3, 0.4) is 0 Å². The van der Waals surface area contributed by atoms with Gasteiger partial charge in [0.15, 0.2) is 5.78 Å². The summed E-state index contributed by atoms with van der Waals surface area (Å²) in [5.41, 5.74) is 0.444. The maximum atomic E-state index is 13.3. The largest absolute Gasteiger partial charge is 0.508 e. The zero-order chi connectivity index (χ0) is 24.8.